The number of hydrogen-bond donors (Lipinski definition) is 2. The quantitative estimate of drug-likeness (QED) is 0.893. The van der Waals surface area contributed by atoms with Crippen molar-refractivity contribution in [3.8, 4) is 0 Å². The Labute approximate surface area is 140 Å². The van der Waals surface area contributed by atoms with Crippen molar-refractivity contribution >= 4 is 18.3 Å². The van der Waals surface area contributed by atoms with Gasteiger partial charge in [-0.15, -0.1) is 12.4 Å². The molecule has 1 saturated carbocycles. The van der Waals surface area contributed by atoms with Gasteiger partial charge in [0.2, 0.25) is 5.91 Å². The van der Waals surface area contributed by atoms with Gasteiger partial charge in [0.15, 0.2) is 0 Å². The maximum atomic E-state index is 12.5. The first kappa shape index (κ1) is 19.0. The molecule has 124 valence electrons. The molecule has 1 aromatic rings. The van der Waals surface area contributed by atoms with Gasteiger partial charge in [0.25, 0.3) is 0 Å². The lowest BCUT2D eigenvalue weighted by Gasteiger charge is -2.37. The van der Waals surface area contributed by atoms with Crippen LogP contribution in [0, 0.1) is 26.7 Å². The van der Waals surface area contributed by atoms with Crippen molar-refractivity contribution < 1.29 is 4.79 Å². The number of benzene rings is 1. The minimum absolute atomic E-state index is 0. The maximum Gasteiger partial charge on any atom is 0.225 e. The van der Waals surface area contributed by atoms with Crippen LogP contribution in [0.15, 0.2) is 12.1 Å². The number of rotatable bonds is 3. The molecule has 1 aromatic carbocycles. The fraction of sp³-hybridized carbons (Fsp3) is 0.611. The molecule has 0 aliphatic heterocycles. The molecule has 2 rings (SSSR count). The Morgan fingerprint density at radius 3 is 2.41 bits per heavy atom. The zero-order valence-corrected chi connectivity index (χ0v) is 15.0. The van der Waals surface area contributed by atoms with Crippen molar-refractivity contribution in [2.75, 3.05) is 0 Å². The predicted octanol–water partition coefficient (Wildman–Crippen LogP) is 3.56. The summed E-state index contributed by atoms with van der Waals surface area (Å²) in [4.78, 5) is 12.5. The standard InChI is InChI=1S/C18H28N2O.ClH/c1-12-9-13(2)15(14(3)10-12)11-20-17(21)16-7-5-6-8-18(16,4)19;/h9-10,16H,5-8,11,19H2,1-4H3,(H,20,21);1H. The fourth-order valence-electron chi connectivity index (χ4n) is 3.58. The number of amides is 1. The number of carbonyl (C=O) groups is 1. The first-order valence-electron chi connectivity index (χ1n) is 7.94. The first-order chi connectivity index (χ1) is 9.81. The Balaban J connectivity index is 0.00000242. The van der Waals surface area contributed by atoms with Crippen LogP contribution in [0.2, 0.25) is 0 Å². The van der Waals surface area contributed by atoms with E-state index in [0.717, 1.165) is 25.7 Å². The normalized spacial score (nSPS) is 24.5. The second-order valence-electron chi connectivity index (χ2n) is 6.90. The molecule has 0 saturated heterocycles. The highest BCUT2D eigenvalue weighted by Crippen LogP contribution is 2.31. The van der Waals surface area contributed by atoms with Gasteiger partial charge in [0, 0.05) is 12.1 Å². The van der Waals surface area contributed by atoms with Crippen LogP contribution in [0.4, 0.5) is 0 Å². The summed E-state index contributed by atoms with van der Waals surface area (Å²) in [7, 11) is 0. The number of carbonyl (C=O) groups excluding carboxylic acids is 1. The molecule has 4 heteroatoms. The van der Waals surface area contributed by atoms with Crippen LogP contribution in [0.1, 0.15) is 54.9 Å². The van der Waals surface area contributed by atoms with Gasteiger partial charge in [0.1, 0.15) is 0 Å². The Hall–Kier alpha value is -1.06. The fourth-order valence-corrected chi connectivity index (χ4v) is 3.58. The SMILES string of the molecule is Cc1cc(C)c(CNC(=O)C2CCCCC2(C)N)c(C)c1.Cl. The average molecular weight is 325 g/mol. The average Bonchev–Trinajstić information content (AvgIpc) is 2.36. The lowest BCUT2D eigenvalue weighted by molar-refractivity contribution is -0.128. The zero-order chi connectivity index (χ0) is 15.6. The second kappa shape index (κ2) is 7.47. The molecule has 2 unspecified atom stereocenters. The summed E-state index contributed by atoms with van der Waals surface area (Å²) in [6.07, 6.45) is 4.08. The number of hydrogen-bond acceptors (Lipinski definition) is 2. The van der Waals surface area contributed by atoms with E-state index in [2.05, 4.69) is 38.2 Å². The van der Waals surface area contributed by atoms with Crippen molar-refractivity contribution in [2.24, 2.45) is 11.7 Å². The summed E-state index contributed by atoms with van der Waals surface area (Å²) in [5.41, 5.74) is 10.9. The second-order valence-corrected chi connectivity index (χ2v) is 6.90. The smallest absolute Gasteiger partial charge is 0.225 e. The van der Waals surface area contributed by atoms with Crippen molar-refractivity contribution in [1.82, 2.24) is 5.32 Å². The molecule has 1 aliphatic rings. The van der Waals surface area contributed by atoms with Crippen molar-refractivity contribution in [3.05, 3.63) is 34.4 Å². The summed E-state index contributed by atoms with van der Waals surface area (Å²) < 4.78 is 0. The minimum Gasteiger partial charge on any atom is -0.352 e. The number of nitrogens with two attached hydrogens (primary N) is 1. The largest absolute Gasteiger partial charge is 0.352 e. The van der Waals surface area contributed by atoms with Gasteiger partial charge >= 0.3 is 0 Å². The Morgan fingerprint density at radius 1 is 1.27 bits per heavy atom. The maximum absolute atomic E-state index is 12.5. The van der Waals surface area contributed by atoms with Gasteiger partial charge in [-0.1, -0.05) is 30.5 Å². The summed E-state index contributed by atoms with van der Waals surface area (Å²) >= 11 is 0. The van der Waals surface area contributed by atoms with Crippen LogP contribution in [0.25, 0.3) is 0 Å². The number of nitrogens with one attached hydrogen (secondary N) is 1. The molecular weight excluding hydrogens is 296 g/mol. The molecule has 3 N–H and O–H groups in total. The van der Waals surface area contributed by atoms with Gasteiger partial charge in [-0.2, -0.15) is 0 Å². The summed E-state index contributed by atoms with van der Waals surface area (Å²) in [6, 6.07) is 4.34. The molecule has 1 fully saturated rings. The molecule has 0 heterocycles. The molecule has 3 nitrogen and oxygen atoms in total. The van der Waals surface area contributed by atoms with Gasteiger partial charge in [-0.05, 0) is 57.2 Å². The zero-order valence-electron chi connectivity index (χ0n) is 14.2. The predicted molar refractivity (Wildman–Crippen MR) is 94.3 cm³/mol. The number of halogens is 1. The highest BCUT2D eigenvalue weighted by molar-refractivity contribution is 5.85. The lowest BCUT2D eigenvalue weighted by Crippen LogP contribution is -2.52. The highest BCUT2D eigenvalue weighted by Gasteiger charge is 2.37. The Bertz CT molecular complexity index is 517. The van der Waals surface area contributed by atoms with E-state index in [9.17, 15) is 4.79 Å². The lowest BCUT2D eigenvalue weighted by atomic mass is 9.74. The van der Waals surface area contributed by atoms with Crippen LogP contribution >= 0.6 is 12.4 Å². The van der Waals surface area contributed by atoms with E-state index in [1.165, 1.54) is 22.3 Å². The number of aryl methyl sites for hydroxylation is 3. The first-order valence-corrected chi connectivity index (χ1v) is 7.94. The summed E-state index contributed by atoms with van der Waals surface area (Å²) in [5.74, 6) is 0.0522. The topological polar surface area (TPSA) is 55.1 Å². The molecule has 0 aromatic heterocycles. The van der Waals surface area contributed by atoms with E-state index in [1.54, 1.807) is 0 Å². The van der Waals surface area contributed by atoms with Gasteiger partial charge in [-0.25, -0.2) is 0 Å². The molecule has 0 bridgehead atoms. The third-order valence-corrected chi connectivity index (χ3v) is 4.85. The van der Waals surface area contributed by atoms with E-state index in [0.29, 0.717) is 6.54 Å². The van der Waals surface area contributed by atoms with Crippen LogP contribution < -0.4 is 11.1 Å². The summed E-state index contributed by atoms with van der Waals surface area (Å²) in [6.45, 7) is 8.93. The van der Waals surface area contributed by atoms with Gasteiger partial charge in [0.05, 0.1) is 5.92 Å². The molecule has 0 radical (unpaired) electrons. The van der Waals surface area contributed by atoms with Crippen molar-refractivity contribution in [3.63, 3.8) is 0 Å². The summed E-state index contributed by atoms with van der Waals surface area (Å²) in [5, 5.41) is 3.11. The molecule has 1 aliphatic carbocycles. The van der Waals surface area contributed by atoms with Crippen molar-refractivity contribution in [2.45, 2.75) is 65.5 Å². The van der Waals surface area contributed by atoms with Crippen LogP contribution in [0.3, 0.4) is 0 Å². The van der Waals surface area contributed by atoms with Crippen molar-refractivity contribution in [1.29, 1.82) is 0 Å². The van der Waals surface area contributed by atoms with Gasteiger partial charge < -0.3 is 11.1 Å². The highest BCUT2D eigenvalue weighted by atomic mass is 35.5. The van der Waals surface area contributed by atoms with E-state index >= 15 is 0 Å². The molecular formula is C18H29ClN2O. The third-order valence-electron chi connectivity index (χ3n) is 4.85. The monoisotopic (exact) mass is 324 g/mol. The Kier molecular flexibility index (Phi) is 6.45. The molecule has 2 atom stereocenters. The Morgan fingerprint density at radius 2 is 1.86 bits per heavy atom. The van der Waals surface area contributed by atoms with Crippen LogP contribution in [0.5, 0.6) is 0 Å². The van der Waals surface area contributed by atoms with E-state index < -0.39 is 0 Å². The van der Waals surface area contributed by atoms with Gasteiger partial charge in [-0.3, -0.25) is 4.79 Å². The molecule has 22 heavy (non-hydrogen) atoms. The van der Waals surface area contributed by atoms with Crippen LogP contribution in [-0.4, -0.2) is 11.4 Å². The minimum atomic E-state index is -0.361. The molecule has 1 amide bonds. The van der Waals surface area contributed by atoms with Crippen LogP contribution in [-0.2, 0) is 11.3 Å². The van der Waals surface area contributed by atoms with E-state index in [1.807, 2.05) is 6.92 Å². The van der Waals surface area contributed by atoms with E-state index in [-0.39, 0.29) is 29.8 Å². The van der Waals surface area contributed by atoms with E-state index in [4.69, 9.17) is 5.73 Å². The molecule has 0 spiro atoms. The third kappa shape index (κ3) is 4.23.